The summed E-state index contributed by atoms with van der Waals surface area (Å²) in [7, 11) is 0. The number of nitrogens with zero attached hydrogens (tertiary/aromatic N) is 6. The molecule has 4 bridgehead atoms. The summed E-state index contributed by atoms with van der Waals surface area (Å²) < 4.78 is 0. The predicted octanol–water partition coefficient (Wildman–Crippen LogP) is 5.48. The minimum Gasteiger partial charge on any atom is -0.236 e. The Hall–Kier alpha value is -4.58. The molecule has 5 rings (SSSR count). The first-order valence-electron chi connectivity index (χ1n) is 10.1. The molecule has 6 heteroatoms. The van der Waals surface area contributed by atoms with Crippen LogP contribution in [-0.4, -0.2) is 29.9 Å². The van der Waals surface area contributed by atoms with Gasteiger partial charge in [0.15, 0.2) is 22.6 Å². The van der Waals surface area contributed by atoms with Crippen molar-refractivity contribution in [1.82, 2.24) is 29.9 Å². The number of fused-ring (bicyclic) bond motifs is 6. The van der Waals surface area contributed by atoms with E-state index in [1.54, 1.807) is 24.8 Å². The van der Waals surface area contributed by atoms with E-state index in [1.807, 2.05) is 84.9 Å². The average molecular weight is 414 g/mol. The van der Waals surface area contributed by atoms with Crippen molar-refractivity contribution in [2.24, 2.45) is 0 Å². The molecule has 0 unspecified atom stereocenters. The van der Waals surface area contributed by atoms with E-state index in [0.29, 0.717) is 22.6 Å². The molecule has 0 aliphatic rings. The fraction of sp³-hybridized carbons (Fsp3) is 0. The van der Waals surface area contributed by atoms with Crippen molar-refractivity contribution in [3.05, 3.63) is 110 Å². The van der Waals surface area contributed by atoms with Gasteiger partial charge in [-0.05, 0) is 24.3 Å². The minimum absolute atomic E-state index is 0.580. The van der Waals surface area contributed by atoms with E-state index in [9.17, 15) is 0 Å². The molecule has 5 aromatic rings. The van der Waals surface area contributed by atoms with E-state index < -0.39 is 0 Å². The van der Waals surface area contributed by atoms with E-state index in [1.165, 1.54) is 0 Å². The van der Waals surface area contributed by atoms with Crippen LogP contribution in [0.1, 0.15) is 0 Å². The Labute approximate surface area is 184 Å². The molecule has 0 atom stereocenters. The Morgan fingerprint density at radius 1 is 0.312 bits per heavy atom. The highest BCUT2D eigenvalue weighted by Gasteiger charge is 1.92. The average Bonchev–Trinajstić information content (AvgIpc) is 2.85. The monoisotopic (exact) mass is 414 g/mol. The van der Waals surface area contributed by atoms with Crippen molar-refractivity contribution in [2.75, 3.05) is 0 Å². The Morgan fingerprint density at radius 3 is 0.875 bits per heavy atom. The maximum atomic E-state index is 4.54. The molecule has 152 valence electrons. The zero-order valence-electron chi connectivity index (χ0n) is 17.1. The van der Waals surface area contributed by atoms with E-state index in [0.717, 1.165) is 21.5 Å². The van der Waals surface area contributed by atoms with Crippen LogP contribution in [0.25, 0.3) is 44.1 Å². The molecule has 0 saturated heterocycles. The van der Waals surface area contributed by atoms with E-state index in [2.05, 4.69) is 29.9 Å². The smallest absolute Gasteiger partial charge is 0.154 e. The lowest BCUT2D eigenvalue weighted by atomic mass is 10.2. The summed E-state index contributed by atoms with van der Waals surface area (Å²) in [5, 5.41) is 3.71. The zero-order chi connectivity index (χ0) is 21.6. The first-order chi connectivity index (χ1) is 15.8. The van der Waals surface area contributed by atoms with Crippen LogP contribution < -0.4 is 0 Å². The molecule has 2 aromatic carbocycles. The molecule has 0 amide bonds. The van der Waals surface area contributed by atoms with Crippen molar-refractivity contribution in [3.8, 4) is 0 Å². The second-order valence-corrected chi connectivity index (χ2v) is 7.00. The standard InChI is InChI=1S/C26H18N6/c1-2-8-20-16-28-24-12-6-14-26(32-24)30-18-22-10-4-3-9-21(22)17-29-25-13-5-11-23(31-25)27-15-19(20)7-1/h1-18H. The summed E-state index contributed by atoms with van der Waals surface area (Å²) in [6, 6.07) is 27.0. The second-order valence-electron chi connectivity index (χ2n) is 7.00. The fourth-order valence-electron chi connectivity index (χ4n) is 3.15. The second kappa shape index (κ2) is 9.06. The molecule has 0 aliphatic carbocycles. The number of benzene rings is 2. The van der Waals surface area contributed by atoms with Gasteiger partial charge in [0, 0.05) is 46.3 Å². The van der Waals surface area contributed by atoms with Gasteiger partial charge in [-0.2, -0.15) is 0 Å². The summed E-state index contributed by atoms with van der Waals surface area (Å²) in [4.78, 5) is 27.2. The Morgan fingerprint density at radius 2 is 0.594 bits per heavy atom. The van der Waals surface area contributed by atoms with Crippen LogP contribution >= 0.6 is 0 Å². The third kappa shape index (κ3) is 4.60. The summed E-state index contributed by atoms with van der Waals surface area (Å²) in [6.45, 7) is 0. The SMILES string of the molecule is c1cc2ncc3ccccc3cnc3cccc(ncc4ccccc4cnc(c1)n2)n3. The molecule has 0 spiro atoms. The topological polar surface area (TPSA) is 77.3 Å². The predicted molar refractivity (Wildman–Crippen MR) is 127 cm³/mol. The lowest BCUT2D eigenvalue weighted by molar-refractivity contribution is 1.26. The minimum atomic E-state index is 0.580. The van der Waals surface area contributed by atoms with Crippen molar-refractivity contribution in [1.29, 1.82) is 0 Å². The van der Waals surface area contributed by atoms with Gasteiger partial charge in [0.2, 0.25) is 0 Å². The molecule has 0 N–H and O–H groups in total. The number of hydrogen-bond donors (Lipinski definition) is 0. The molecular weight excluding hydrogens is 396 g/mol. The van der Waals surface area contributed by atoms with Crippen molar-refractivity contribution >= 4 is 44.1 Å². The van der Waals surface area contributed by atoms with Crippen molar-refractivity contribution in [2.45, 2.75) is 0 Å². The van der Waals surface area contributed by atoms with Gasteiger partial charge in [-0.15, -0.1) is 0 Å². The van der Waals surface area contributed by atoms with E-state index in [4.69, 9.17) is 0 Å². The molecule has 0 saturated carbocycles. The highest BCUT2D eigenvalue weighted by molar-refractivity contribution is 5.81. The van der Waals surface area contributed by atoms with Gasteiger partial charge in [-0.1, -0.05) is 60.7 Å². The summed E-state index contributed by atoms with van der Waals surface area (Å²) in [6.07, 6.45) is 7.13. The Bertz CT molecular complexity index is 1370. The van der Waals surface area contributed by atoms with Crippen LogP contribution in [0.2, 0.25) is 0 Å². The molecule has 32 heavy (non-hydrogen) atoms. The fourth-order valence-corrected chi connectivity index (χ4v) is 3.15. The Kier molecular flexibility index (Phi) is 5.49. The first-order valence-corrected chi connectivity index (χ1v) is 10.1. The number of aromatic nitrogens is 6. The summed E-state index contributed by atoms with van der Waals surface area (Å²) in [5.74, 6) is 0. The van der Waals surface area contributed by atoms with Crippen molar-refractivity contribution in [3.63, 3.8) is 0 Å². The number of rotatable bonds is 0. The molecular formula is C26H18N6. The molecule has 6 nitrogen and oxygen atoms in total. The van der Waals surface area contributed by atoms with Crippen LogP contribution in [-0.2, 0) is 0 Å². The lowest BCUT2D eigenvalue weighted by Gasteiger charge is -1.93. The lowest BCUT2D eigenvalue weighted by Crippen LogP contribution is -1.82. The maximum absolute atomic E-state index is 4.54. The van der Waals surface area contributed by atoms with Gasteiger partial charge in [-0.3, -0.25) is 0 Å². The highest BCUT2D eigenvalue weighted by Crippen LogP contribution is 2.10. The summed E-state index contributed by atoms with van der Waals surface area (Å²) >= 11 is 0. The van der Waals surface area contributed by atoms with Crippen LogP contribution in [0.3, 0.4) is 0 Å². The first kappa shape index (κ1) is 19.4. The molecule has 3 aromatic heterocycles. The largest absolute Gasteiger partial charge is 0.236 e. The van der Waals surface area contributed by atoms with Gasteiger partial charge in [0.25, 0.3) is 0 Å². The quantitative estimate of drug-likeness (QED) is 0.334. The third-order valence-electron chi connectivity index (χ3n) is 4.78. The third-order valence-corrected chi connectivity index (χ3v) is 4.78. The van der Waals surface area contributed by atoms with Gasteiger partial charge >= 0.3 is 0 Å². The summed E-state index contributed by atoms with van der Waals surface area (Å²) in [5.41, 5.74) is 2.32. The highest BCUT2D eigenvalue weighted by atomic mass is 14.9. The zero-order valence-corrected chi connectivity index (χ0v) is 17.1. The molecule has 3 heterocycles. The molecule has 0 aliphatic heterocycles. The van der Waals surface area contributed by atoms with Crippen LogP contribution in [0.4, 0.5) is 0 Å². The van der Waals surface area contributed by atoms with Crippen LogP contribution in [0, 0.1) is 0 Å². The molecule has 0 radical (unpaired) electrons. The van der Waals surface area contributed by atoms with Gasteiger partial charge in [-0.25, -0.2) is 29.9 Å². The number of hydrogen-bond acceptors (Lipinski definition) is 6. The van der Waals surface area contributed by atoms with Gasteiger partial charge in [0.1, 0.15) is 0 Å². The number of pyridine rings is 2. The normalized spacial score (nSPS) is 10.5. The van der Waals surface area contributed by atoms with Crippen LogP contribution in [0.5, 0.6) is 0 Å². The van der Waals surface area contributed by atoms with Crippen LogP contribution in [0.15, 0.2) is 110 Å². The maximum Gasteiger partial charge on any atom is 0.154 e. The van der Waals surface area contributed by atoms with Crippen molar-refractivity contribution < 1.29 is 0 Å². The van der Waals surface area contributed by atoms with Gasteiger partial charge < -0.3 is 0 Å². The van der Waals surface area contributed by atoms with E-state index in [-0.39, 0.29) is 0 Å². The molecule has 0 fully saturated rings. The van der Waals surface area contributed by atoms with Gasteiger partial charge in [0.05, 0.1) is 0 Å². The Balaban J connectivity index is 1.87. The van der Waals surface area contributed by atoms with E-state index >= 15 is 0 Å².